The molecule has 0 spiro atoms. The topological polar surface area (TPSA) is 50.3 Å². The molecule has 0 fully saturated rings. The minimum absolute atomic E-state index is 0.699. The van der Waals surface area contributed by atoms with Crippen molar-refractivity contribution in [3.05, 3.63) is 41.1 Å². The molecule has 1 aromatic heterocycles. The molecule has 1 N–H and O–H groups in total. The first-order valence-electron chi connectivity index (χ1n) is 8.38. The van der Waals surface area contributed by atoms with Crippen molar-refractivity contribution >= 4 is 23.4 Å². The van der Waals surface area contributed by atoms with E-state index in [0.29, 0.717) is 5.95 Å². The molecule has 3 rings (SSSR count). The van der Waals surface area contributed by atoms with E-state index < -0.39 is 0 Å². The Balaban J connectivity index is 2.08. The van der Waals surface area contributed by atoms with Crippen LogP contribution in [0, 0.1) is 6.92 Å². The maximum atomic E-state index is 5.36. The number of nitrogens with zero attached hydrogens (tertiary/aromatic N) is 3. The van der Waals surface area contributed by atoms with Crippen molar-refractivity contribution in [1.29, 1.82) is 0 Å². The molecule has 126 valence electrons. The van der Waals surface area contributed by atoms with Crippen LogP contribution in [-0.4, -0.2) is 36.7 Å². The largest absolute Gasteiger partial charge is 0.497 e. The zero-order chi connectivity index (χ0) is 17.1. The van der Waals surface area contributed by atoms with Crippen molar-refractivity contribution in [2.24, 2.45) is 0 Å². The number of hydrogen-bond acceptors (Lipinski definition) is 5. The van der Waals surface area contributed by atoms with Gasteiger partial charge in [-0.2, -0.15) is 4.98 Å². The number of rotatable bonds is 5. The summed E-state index contributed by atoms with van der Waals surface area (Å²) in [7, 11) is 1.70. The van der Waals surface area contributed by atoms with Crippen LogP contribution in [0.3, 0.4) is 0 Å². The second kappa shape index (κ2) is 6.91. The average Bonchev–Trinajstić information content (AvgIpc) is 2.61. The van der Waals surface area contributed by atoms with Gasteiger partial charge < -0.3 is 15.0 Å². The highest BCUT2D eigenvalue weighted by Crippen LogP contribution is 2.34. The summed E-state index contributed by atoms with van der Waals surface area (Å²) in [5.74, 6) is 2.58. The Morgan fingerprint density at radius 3 is 2.79 bits per heavy atom. The van der Waals surface area contributed by atoms with Gasteiger partial charge in [0.05, 0.1) is 12.8 Å². The highest BCUT2D eigenvalue weighted by molar-refractivity contribution is 5.91. The third kappa shape index (κ3) is 3.07. The van der Waals surface area contributed by atoms with Gasteiger partial charge in [0.2, 0.25) is 5.95 Å². The van der Waals surface area contributed by atoms with Crippen molar-refractivity contribution in [1.82, 2.24) is 9.97 Å². The van der Waals surface area contributed by atoms with Gasteiger partial charge in [0.15, 0.2) is 0 Å². The molecule has 1 aliphatic heterocycles. The van der Waals surface area contributed by atoms with Gasteiger partial charge in [-0.3, -0.25) is 0 Å². The summed E-state index contributed by atoms with van der Waals surface area (Å²) in [6.45, 7) is 8.80. The fourth-order valence-electron chi connectivity index (χ4n) is 2.97. The molecule has 0 saturated carbocycles. The highest BCUT2D eigenvalue weighted by Gasteiger charge is 2.22. The first kappa shape index (κ1) is 16.3. The van der Waals surface area contributed by atoms with E-state index in [1.54, 1.807) is 7.11 Å². The normalized spacial score (nSPS) is 13.3. The predicted octanol–water partition coefficient (Wildman–Crippen LogP) is 3.61. The maximum Gasteiger partial charge on any atom is 0.224 e. The van der Waals surface area contributed by atoms with Crippen LogP contribution in [0.25, 0.3) is 11.6 Å². The van der Waals surface area contributed by atoms with Gasteiger partial charge in [-0.1, -0.05) is 12.1 Å². The number of likely N-dealkylation sites (N-methyl/N-ethyl adjacent to an activating group) is 1. The standard InChI is InChI=1S/C19H24N4O/c1-5-20-19-21-13(3)17-11-15(12-23(6-2)18(17)22-19)14-8-7-9-16(10-14)24-4/h7-11H,5-6,12H2,1-4H3,(H,20,21,22). The van der Waals surface area contributed by atoms with Gasteiger partial charge in [0, 0.05) is 25.2 Å². The van der Waals surface area contributed by atoms with E-state index in [1.165, 1.54) is 11.1 Å². The summed E-state index contributed by atoms with van der Waals surface area (Å²) in [4.78, 5) is 11.6. The number of aryl methyl sites for hydroxylation is 1. The summed E-state index contributed by atoms with van der Waals surface area (Å²) in [5.41, 5.74) is 4.52. The van der Waals surface area contributed by atoms with Gasteiger partial charge in [0.1, 0.15) is 11.6 Å². The van der Waals surface area contributed by atoms with E-state index in [2.05, 4.69) is 47.3 Å². The third-order valence-corrected chi connectivity index (χ3v) is 4.25. The first-order valence-corrected chi connectivity index (χ1v) is 8.38. The zero-order valence-electron chi connectivity index (χ0n) is 14.8. The van der Waals surface area contributed by atoms with E-state index in [-0.39, 0.29) is 0 Å². The molecule has 5 nitrogen and oxygen atoms in total. The SMILES string of the molecule is CCNc1nc(C)c2c(n1)N(CC)CC(c1cccc(OC)c1)=C2. The van der Waals surface area contributed by atoms with Crippen LogP contribution in [0.5, 0.6) is 5.75 Å². The Morgan fingerprint density at radius 2 is 2.08 bits per heavy atom. The smallest absolute Gasteiger partial charge is 0.224 e. The summed E-state index contributed by atoms with van der Waals surface area (Å²) in [5, 5.41) is 3.21. The monoisotopic (exact) mass is 324 g/mol. The molecule has 0 radical (unpaired) electrons. The molecule has 0 unspecified atom stereocenters. The lowest BCUT2D eigenvalue weighted by Crippen LogP contribution is -2.30. The molecule has 0 bridgehead atoms. The van der Waals surface area contributed by atoms with Crippen LogP contribution in [0.1, 0.15) is 30.7 Å². The van der Waals surface area contributed by atoms with Crippen LogP contribution >= 0.6 is 0 Å². The summed E-state index contributed by atoms with van der Waals surface area (Å²) in [6.07, 6.45) is 2.21. The molecule has 1 aliphatic rings. The van der Waals surface area contributed by atoms with E-state index in [0.717, 1.165) is 42.5 Å². The Morgan fingerprint density at radius 1 is 1.25 bits per heavy atom. The molecule has 0 saturated heterocycles. The van der Waals surface area contributed by atoms with Crippen LogP contribution in [0.2, 0.25) is 0 Å². The molecule has 0 amide bonds. The van der Waals surface area contributed by atoms with Crippen molar-refractivity contribution in [3.8, 4) is 5.75 Å². The third-order valence-electron chi connectivity index (χ3n) is 4.25. The molecular weight excluding hydrogens is 300 g/mol. The fourth-order valence-corrected chi connectivity index (χ4v) is 2.97. The second-order valence-electron chi connectivity index (χ2n) is 5.82. The van der Waals surface area contributed by atoms with Gasteiger partial charge in [-0.15, -0.1) is 0 Å². The molecule has 2 heterocycles. The lowest BCUT2D eigenvalue weighted by atomic mass is 9.98. The lowest BCUT2D eigenvalue weighted by Gasteiger charge is -2.30. The van der Waals surface area contributed by atoms with Crippen molar-refractivity contribution in [2.45, 2.75) is 20.8 Å². The van der Waals surface area contributed by atoms with E-state index in [9.17, 15) is 0 Å². The average molecular weight is 324 g/mol. The highest BCUT2D eigenvalue weighted by atomic mass is 16.5. The van der Waals surface area contributed by atoms with Crippen LogP contribution in [0.15, 0.2) is 24.3 Å². The zero-order valence-corrected chi connectivity index (χ0v) is 14.8. The molecule has 0 aliphatic carbocycles. The number of fused-ring (bicyclic) bond motifs is 1. The lowest BCUT2D eigenvalue weighted by molar-refractivity contribution is 0.414. The van der Waals surface area contributed by atoms with E-state index in [1.807, 2.05) is 19.1 Å². The number of aromatic nitrogens is 2. The fraction of sp³-hybridized carbons (Fsp3) is 0.368. The van der Waals surface area contributed by atoms with Gasteiger partial charge in [0.25, 0.3) is 0 Å². The second-order valence-corrected chi connectivity index (χ2v) is 5.82. The minimum atomic E-state index is 0.699. The molecule has 5 heteroatoms. The number of anilines is 2. The van der Waals surface area contributed by atoms with E-state index in [4.69, 9.17) is 9.72 Å². The number of ether oxygens (including phenoxy) is 1. The molecular formula is C19H24N4O. The number of methoxy groups -OCH3 is 1. The Kier molecular flexibility index (Phi) is 4.69. The summed E-state index contributed by atoms with van der Waals surface area (Å²) >= 11 is 0. The minimum Gasteiger partial charge on any atom is -0.497 e. The number of nitrogens with one attached hydrogen (secondary N) is 1. The van der Waals surface area contributed by atoms with Gasteiger partial charge >= 0.3 is 0 Å². The van der Waals surface area contributed by atoms with Crippen LogP contribution in [-0.2, 0) is 0 Å². The number of benzene rings is 1. The molecule has 24 heavy (non-hydrogen) atoms. The van der Waals surface area contributed by atoms with Crippen molar-refractivity contribution in [3.63, 3.8) is 0 Å². The molecule has 0 atom stereocenters. The van der Waals surface area contributed by atoms with Crippen molar-refractivity contribution in [2.75, 3.05) is 37.0 Å². The van der Waals surface area contributed by atoms with Gasteiger partial charge in [-0.05, 0) is 50.1 Å². The predicted molar refractivity (Wildman–Crippen MR) is 99.7 cm³/mol. The van der Waals surface area contributed by atoms with Crippen LogP contribution in [0.4, 0.5) is 11.8 Å². The molecule has 2 aromatic rings. The first-order chi connectivity index (χ1) is 11.7. The van der Waals surface area contributed by atoms with Crippen molar-refractivity contribution < 1.29 is 4.74 Å². The molecule has 1 aromatic carbocycles. The quantitative estimate of drug-likeness (QED) is 0.910. The maximum absolute atomic E-state index is 5.36. The van der Waals surface area contributed by atoms with Gasteiger partial charge in [-0.25, -0.2) is 4.98 Å². The van der Waals surface area contributed by atoms with Crippen LogP contribution < -0.4 is 15.0 Å². The summed E-state index contributed by atoms with van der Waals surface area (Å²) < 4.78 is 5.36. The summed E-state index contributed by atoms with van der Waals surface area (Å²) in [6, 6.07) is 8.19. The Hall–Kier alpha value is -2.56. The Bertz CT molecular complexity index is 770. The number of hydrogen-bond donors (Lipinski definition) is 1. The van der Waals surface area contributed by atoms with E-state index >= 15 is 0 Å². The Labute approximate surface area is 143 Å².